The molecule has 7 aromatic carbocycles. The molecule has 0 saturated heterocycles. The van der Waals surface area contributed by atoms with Gasteiger partial charge in [-0.3, -0.25) is 0 Å². The predicted molar refractivity (Wildman–Crippen MR) is 249 cm³/mol. The standard InChI is InChI=1S/C54H60N2O2/c1-9-11-33-57-47-27-23-45(24-28-47)55(43-19-13-39(7)14-20-43)53-49-31-17-42(38(5)6)36-52(49)54(50-32-18-41(37(3)4)35-51(50)53)56(44-21-15-40(8)16-22-44)46-25-29-48(30-26-46)58-34-12-10-2/h13-32,35-38H,9-12,33-34H2,1-8H3. The zero-order chi connectivity index (χ0) is 40.8. The number of fused-ring (bicyclic) bond motifs is 2. The minimum atomic E-state index is 0.348. The van der Waals surface area contributed by atoms with Crippen molar-refractivity contribution < 1.29 is 9.47 Å². The van der Waals surface area contributed by atoms with Gasteiger partial charge in [-0.25, -0.2) is 0 Å². The summed E-state index contributed by atoms with van der Waals surface area (Å²) in [5, 5.41) is 4.78. The Labute approximate surface area is 347 Å². The first-order chi connectivity index (χ1) is 28.2. The third-order valence-electron chi connectivity index (χ3n) is 11.2. The summed E-state index contributed by atoms with van der Waals surface area (Å²) in [5.41, 5.74) is 11.8. The maximum absolute atomic E-state index is 6.16. The lowest BCUT2D eigenvalue weighted by Crippen LogP contribution is -2.15. The molecule has 4 heteroatoms. The van der Waals surface area contributed by atoms with Crippen LogP contribution in [0, 0.1) is 13.8 Å². The van der Waals surface area contributed by atoms with Crippen molar-refractivity contribution in [2.75, 3.05) is 23.0 Å². The molecule has 0 spiro atoms. The number of nitrogens with zero attached hydrogens (tertiary/aromatic N) is 2. The SMILES string of the molecule is CCCCOc1ccc(N(c2ccc(C)cc2)c2c3ccc(C(C)C)cc3c(N(c3ccc(C)cc3)c3ccc(OCCCC)cc3)c3ccc(C(C)C)cc23)cc1. The van der Waals surface area contributed by atoms with Gasteiger partial charge in [0.1, 0.15) is 11.5 Å². The molecule has 298 valence electrons. The van der Waals surface area contributed by atoms with Crippen molar-refractivity contribution in [2.24, 2.45) is 0 Å². The van der Waals surface area contributed by atoms with E-state index >= 15 is 0 Å². The lowest BCUT2D eigenvalue weighted by Gasteiger charge is -2.33. The number of anilines is 6. The van der Waals surface area contributed by atoms with Crippen molar-refractivity contribution in [2.45, 2.75) is 92.9 Å². The molecular formula is C54H60N2O2. The van der Waals surface area contributed by atoms with Crippen LogP contribution in [-0.2, 0) is 0 Å². The fourth-order valence-electron chi connectivity index (χ4n) is 7.67. The van der Waals surface area contributed by atoms with Gasteiger partial charge in [0.05, 0.1) is 24.6 Å². The number of rotatable bonds is 16. The Morgan fingerprint density at radius 3 is 1.05 bits per heavy atom. The second-order valence-corrected chi connectivity index (χ2v) is 16.4. The molecule has 0 aliphatic heterocycles. The monoisotopic (exact) mass is 768 g/mol. The first kappa shape index (κ1) is 40.5. The van der Waals surface area contributed by atoms with E-state index in [-0.39, 0.29) is 0 Å². The topological polar surface area (TPSA) is 24.9 Å². The van der Waals surface area contributed by atoms with E-state index in [1.807, 2.05) is 0 Å². The molecule has 0 bridgehead atoms. The smallest absolute Gasteiger partial charge is 0.119 e. The Morgan fingerprint density at radius 2 is 0.741 bits per heavy atom. The van der Waals surface area contributed by atoms with Gasteiger partial charge in [0.25, 0.3) is 0 Å². The summed E-state index contributed by atoms with van der Waals surface area (Å²) in [6.07, 6.45) is 4.28. The number of aryl methyl sites for hydroxylation is 2. The summed E-state index contributed by atoms with van der Waals surface area (Å²) in [6, 6.07) is 49.5. The maximum Gasteiger partial charge on any atom is 0.119 e. The highest BCUT2D eigenvalue weighted by Gasteiger charge is 2.27. The van der Waals surface area contributed by atoms with Gasteiger partial charge in [-0.2, -0.15) is 0 Å². The van der Waals surface area contributed by atoms with Crippen LogP contribution in [0.5, 0.6) is 11.5 Å². The molecule has 7 rings (SSSR count). The minimum Gasteiger partial charge on any atom is -0.494 e. The summed E-state index contributed by atoms with van der Waals surface area (Å²) in [6.45, 7) is 19.3. The highest BCUT2D eigenvalue weighted by Crippen LogP contribution is 2.52. The average molecular weight is 769 g/mol. The third-order valence-corrected chi connectivity index (χ3v) is 11.2. The fraction of sp³-hybridized carbons (Fsp3) is 0.296. The van der Waals surface area contributed by atoms with Crippen LogP contribution < -0.4 is 19.3 Å². The first-order valence-electron chi connectivity index (χ1n) is 21.4. The van der Waals surface area contributed by atoms with E-state index in [2.05, 4.69) is 199 Å². The molecule has 4 nitrogen and oxygen atoms in total. The second kappa shape index (κ2) is 18.2. The van der Waals surface area contributed by atoms with Crippen LogP contribution in [0.4, 0.5) is 34.1 Å². The number of unbranched alkanes of at least 4 members (excludes halogenated alkanes) is 2. The molecule has 0 amide bonds. The number of hydrogen-bond donors (Lipinski definition) is 0. The van der Waals surface area contributed by atoms with E-state index in [9.17, 15) is 0 Å². The number of benzene rings is 7. The summed E-state index contributed by atoms with van der Waals surface area (Å²) < 4.78 is 12.3. The van der Waals surface area contributed by atoms with Gasteiger partial charge in [0.15, 0.2) is 0 Å². The molecule has 0 heterocycles. The normalized spacial score (nSPS) is 11.5. The molecule has 0 fully saturated rings. The summed E-state index contributed by atoms with van der Waals surface area (Å²) >= 11 is 0. The zero-order valence-electron chi connectivity index (χ0n) is 35.8. The number of hydrogen-bond acceptors (Lipinski definition) is 4. The average Bonchev–Trinajstić information content (AvgIpc) is 3.23. The fourth-order valence-corrected chi connectivity index (χ4v) is 7.67. The van der Waals surface area contributed by atoms with Gasteiger partial charge in [-0.15, -0.1) is 0 Å². The van der Waals surface area contributed by atoms with Crippen LogP contribution in [0.1, 0.15) is 101 Å². The number of ether oxygens (including phenoxy) is 2. The summed E-state index contributed by atoms with van der Waals surface area (Å²) in [4.78, 5) is 4.92. The Hall–Kier alpha value is -5.74. The maximum atomic E-state index is 6.16. The van der Waals surface area contributed by atoms with Gasteiger partial charge >= 0.3 is 0 Å². The molecule has 58 heavy (non-hydrogen) atoms. The van der Waals surface area contributed by atoms with E-state index < -0.39 is 0 Å². The molecule has 0 unspecified atom stereocenters. The summed E-state index contributed by atoms with van der Waals surface area (Å²) in [7, 11) is 0. The van der Waals surface area contributed by atoms with E-state index in [0.29, 0.717) is 11.8 Å². The lowest BCUT2D eigenvalue weighted by molar-refractivity contribution is 0.309. The van der Waals surface area contributed by atoms with Crippen LogP contribution in [0.25, 0.3) is 21.5 Å². The van der Waals surface area contributed by atoms with Crippen molar-refractivity contribution in [3.63, 3.8) is 0 Å². The van der Waals surface area contributed by atoms with Gasteiger partial charge < -0.3 is 19.3 Å². The molecule has 0 aliphatic rings. The Kier molecular flexibility index (Phi) is 12.7. The van der Waals surface area contributed by atoms with Crippen molar-refractivity contribution in [1.82, 2.24) is 0 Å². The molecule has 0 saturated carbocycles. The molecule has 0 N–H and O–H groups in total. The predicted octanol–water partition coefficient (Wildman–Crippen LogP) is 16.2. The lowest BCUT2D eigenvalue weighted by atomic mass is 9.90. The largest absolute Gasteiger partial charge is 0.494 e. The Bertz CT molecular complexity index is 2260. The van der Waals surface area contributed by atoms with Gasteiger partial charge in [0.2, 0.25) is 0 Å². The first-order valence-corrected chi connectivity index (χ1v) is 21.4. The van der Waals surface area contributed by atoms with Crippen LogP contribution in [0.15, 0.2) is 133 Å². The highest BCUT2D eigenvalue weighted by molar-refractivity contribution is 6.23. The zero-order valence-corrected chi connectivity index (χ0v) is 35.8. The van der Waals surface area contributed by atoms with Crippen LogP contribution in [0.3, 0.4) is 0 Å². The third kappa shape index (κ3) is 8.72. The molecular weight excluding hydrogens is 709 g/mol. The Morgan fingerprint density at radius 1 is 0.414 bits per heavy atom. The molecule has 7 aromatic rings. The van der Waals surface area contributed by atoms with Gasteiger partial charge in [-0.1, -0.05) is 114 Å². The van der Waals surface area contributed by atoms with E-state index in [1.54, 1.807) is 0 Å². The van der Waals surface area contributed by atoms with E-state index in [4.69, 9.17) is 9.47 Å². The molecule has 0 aliphatic carbocycles. The van der Waals surface area contributed by atoms with E-state index in [1.165, 1.54) is 55.2 Å². The quantitative estimate of drug-likeness (QED) is 0.0555. The van der Waals surface area contributed by atoms with Crippen LogP contribution in [0.2, 0.25) is 0 Å². The van der Waals surface area contributed by atoms with Gasteiger partial charge in [-0.05, 0) is 135 Å². The van der Waals surface area contributed by atoms with Crippen molar-refractivity contribution in [3.8, 4) is 11.5 Å². The molecule has 0 atom stereocenters. The van der Waals surface area contributed by atoms with Gasteiger partial charge in [0, 0.05) is 44.3 Å². The Balaban J connectivity index is 1.57. The van der Waals surface area contributed by atoms with Crippen LogP contribution >= 0.6 is 0 Å². The van der Waals surface area contributed by atoms with Crippen LogP contribution in [-0.4, -0.2) is 13.2 Å². The van der Waals surface area contributed by atoms with Crippen molar-refractivity contribution in [1.29, 1.82) is 0 Å². The highest BCUT2D eigenvalue weighted by atomic mass is 16.5. The minimum absolute atomic E-state index is 0.348. The second-order valence-electron chi connectivity index (χ2n) is 16.4. The van der Waals surface area contributed by atoms with E-state index in [0.717, 1.165) is 73.1 Å². The molecule has 0 aromatic heterocycles. The summed E-state index contributed by atoms with van der Waals surface area (Å²) in [5.74, 6) is 2.48. The van der Waals surface area contributed by atoms with Crippen molar-refractivity contribution >= 4 is 55.7 Å². The van der Waals surface area contributed by atoms with Crippen molar-refractivity contribution in [3.05, 3.63) is 156 Å². The molecule has 0 radical (unpaired) electrons.